The minimum atomic E-state index is -0.00228. The van der Waals surface area contributed by atoms with E-state index in [1.807, 2.05) is 30.5 Å². The minimum Gasteiger partial charge on any atom is -0.361 e. The standard InChI is InChI=1S/C11H12N2O/c1-8(14)13-7-9-3-2-4-11-10(9)5-6-12-11/h2-6,12H,7H2,1H3,(H,13,14). The van der Waals surface area contributed by atoms with Crippen LogP contribution in [0, 0.1) is 0 Å². The second kappa shape index (κ2) is 3.54. The lowest BCUT2D eigenvalue weighted by Gasteiger charge is -2.03. The summed E-state index contributed by atoms with van der Waals surface area (Å²) in [5, 5.41) is 3.96. The van der Waals surface area contributed by atoms with Crippen LogP contribution in [0.5, 0.6) is 0 Å². The van der Waals surface area contributed by atoms with E-state index >= 15 is 0 Å². The first-order valence-corrected chi connectivity index (χ1v) is 4.57. The molecule has 0 unspecified atom stereocenters. The van der Waals surface area contributed by atoms with Crippen LogP contribution in [0.3, 0.4) is 0 Å². The van der Waals surface area contributed by atoms with Gasteiger partial charge in [0.2, 0.25) is 5.91 Å². The first kappa shape index (κ1) is 8.81. The SMILES string of the molecule is CC(=O)NCc1cccc2[nH]ccc12. The number of fused-ring (bicyclic) bond motifs is 1. The molecule has 0 aliphatic carbocycles. The Bertz CT molecular complexity index is 459. The molecule has 0 aliphatic rings. The number of nitrogens with one attached hydrogen (secondary N) is 2. The van der Waals surface area contributed by atoms with Crippen molar-refractivity contribution in [1.29, 1.82) is 0 Å². The van der Waals surface area contributed by atoms with E-state index in [4.69, 9.17) is 0 Å². The number of benzene rings is 1. The molecule has 1 heterocycles. The van der Waals surface area contributed by atoms with Gasteiger partial charge in [-0.05, 0) is 17.7 Å². The number of amides is 1. The van der Waals surface area contributed by atoms with Gasteiger partial charge in [-0.15, -0.1) is 0 Å². The number of carbonyl (C=O) groups is 1. The predicted octanol–water partition coefficient (Wildman–Crippen LogP) is 1.80. The smallest absolute Gasteiger partial charge is 0.217 e. The van der Waals surface area contributed by atoms with E-state index in [2.05, 4.69) is 10.3 Å². The third-order valence-corrected chi connectivity index (χ3v) is 2.21. The first-order valence-electron chi connectivity index (χ1n) is 4.57. The van der Waals surface area contributed by atoms with E-state index in [0.717, 1.165) is 11.1 Å². The number of H-pyrrole nitrogens is 1. The van der Waals surface area contributed by atoms with Gasteiger partial charge in [0.05, 0.1) is 0 Å². The molecule has 14 heavy (non-hydrogen) atoms. The molecular formula is C11H12N2O. The second-order valence-corrected chi connectivity index (χ2v) is 3.27. The summed E-state index contributed by atoms with van der Waals surface area (Å²) >= 11 is 0. The van der Waals surface area contributed by atoms with Gasteiger partial charge < -0.3 is 10.3 Å². The number of hydrogen-bond acceptors (Lipinski definition) is 1. The van der Waals surface area contributed by atoms with Gasteiger partial charge in [-0.1, -0.05) is 12.1 Å². The van der Waals surface area contributed by atoms with Gasteiger partial charge in [-0.25, -0.2) is 0 Å². The van der Waals surface area contributed by atoms with Gasteiger partial charge in [0.25, 0.3) is 0 Å². The van der Waals surface area contributed by atoms with Crippen molar-refractivity contribution >= 4 is 16.8 Å². The summed E-state index contributed by atoms with van der Waals surface area (Å²) in [6.07, 6.45) is 1.90. The number of hydrogen-bond donors (Lipinski definition) is 2. The van der Waals surface area contributed by atoms with Crippen LogP contribution >= 0.6 is 0 Å². The third-order valence-electron chi connectivity index (χ3n) is 2.21. The second-order valence-electron chi connectivity index (χ2n) is 3.27. The molecule has 3 heteroatoms. The summed E-state index contributed by atoms with van der Waals surface area (Å²) < 4.78 is 0. The van der Waals surface area contributed by atoms with Crippen molar-refractivity contribution in [2.24, 2.45) is 0 Å². The summed E-state index contributed by atoms with van der Waals surface area (Å²) in [6.45, 7) is 2.11. The fourth-order valence-corrected chi connectivity index (χ4v) is 1.52. The van der Waals surface area contributed by atoms with E-state index in [9.17, 15) is 4.79 Å². The summed E-state index contributed by atoms with van der Waals surface area (Å²) in [4.78, 5) is 13.9. The Hall–Kier alpha value is -1.77. The summed E-state index contributed by atoms with van der Waals surface area (Å²) in [5.74, 6) is -0.00228. The maximum atomic E-state index is 10.8. The molecule has 0 bridgehead atoms. The third kappa shape index (κ3) is 1.62. The maximum Gasteiger partial charge on any atom is 0.217 e. The Morgan fingerprint density at radius 2 is 2.29 bits per heavy atom. The topological polar surface area (TPSA) is 44.9 Å². The molecule has 2 rings (SSSR count). The number of carbonyl (C=O) groups excluding carboxylic acids is 1. The molecule has 2 N–H and O–H groups in total. The van der Waals surface area contributed by atoms with Crippen LogP contribution < -0.4 is 5.32 Å². The molecule has 0 spiro atoms. The molecule has 0 aliphatic heterocycles. The van der Waals surface area contributed by atoms with Crippen LogP contribution in [-0.4, -0.2) is 10.9 Å². The van der Waals surface area contributed by atoms with Crippen LogP contribution in [0.1, 0.15) is 12.5 Å². The number of aromatic amines is 1. The van der Waals surface area contributed by atoms with Crippen LogP contribution in [-0.2, 0) is 11.3 Å². The lowest BCUT2D eigenvalue weighted by molar-refractivity contribution is -0.119. The molecule has 1 aromatic carbocycles. The predicted molar refractivity (Wildman–Crippen MR) is 55.8 cm³/mol. The van der Waals surface area contributed by atoms with E-state index in [1.54, 1.807) is 0 Å². The average Bonchev–Trinajstić information content (AvgIpc) is 2.62. The first-order chi connectivity index (χ1) is 6.77. The zero-order valence-corrected chi connectivity index (χ0v) is 8.00. The minimum absolute atomic E-state index is 0.00228. The molecule has 0 radical (unpaired) electrons. The van der Waals surface area contributed by atoms with Gasteiger partial charge >= 0.3 is 0 Å². The highest BCUT2D eigenvalue weighted by Crippen LogP contribution is 2.16. The fourth-order valence-electron chi connectivity index (χ4n) is 1.52. The van der Waals surface area contributed by atoms with Crippen molar-refractivity contribution in [3.8, 4) is 0 Å². The molecule has 0 atom stereocenters. The monoisotopic (exact) mass is 188 g/mol. The normalized spacial score (nSPS) is 10.4. The summed E-state index contributed by atoms with van der Waals surface area (Å²) in [5.41, 5.74) is 2.24. The van der Waals surface area contributed by atoms with Gasteiger partial charge in [0.1, 0.15) is 0 Å². The van der Waals surface area contributed by atoms with Crippen LogP contribution in [0.15, 0.2) is 30.5 Å². The lowest BCUT2D eigenvalue weighted by Crippen LogP contribution is -2.18. The fraction of sp³-hybridized carbons (Fsp3) is 0.182. The Morgan fingerprint density at radius 1 is 1.43 bits per heavy atom. The largest absolute Gasteiger partial charge is 0.361 e. The van der Waals surface area contributed by atoms with Crippen LogP contribution in [0.2, 0.25) is 0 Å². The van der Waals surface area contributed by atoms with Gasteiger partial charge in [-0.3, -0.25) is 4.79 Å². The Kier molecular flexibility index (Phi) is 2.23. The zero-order valence-electron chi connectivity index (χ0n) is 8.00. The summed E-state index contributed by atoms with van der Waals surface area (Å²) in [6, 6.07) is 8.04. The molecule has 1 aromatic heterocycles. The molecule has 2 aromatic rings. The Labute approximate surface area is 82.1 Å². The maximum absolute atomic E-state index is 10.8. The van der Waals surface area contributed by atoms with E-state index < -0.39 is 0 Å². The van der Waals surface area contributed by atoms with Crippen LogP contribution in [0.25, 0.3) is 10.9 Å². The molecule has 3 nitrogen and oxygen atoms in total. The molecule has 0 saturated carbocycles. The van der Waals surface area contributed by atoms with E-state index in [1.165, 1.54) is 12.3 Å². The highest BCUT2D eigenvalue weighted by atomic mass is 16.1. The van der Waals surface area contributed by atoms with Crippen molar-refractivity contribution in [3.63, 3.8) is 0 Å². The molecule has 1 amide bonds. The quantitative estimate of drug-likeness (QED) is 0.741. The lowest BCUT2D eigenvalue weighted by atomic mass is 10.1. The van der Waals surface area contributed by atoms with Crippen molar-refractivity contribution in [2.75, 3.05) is 0 Å². The van der Waals surface area contributed by atoms with E-state index in [-0.39, 0.29) is 5.91 Å². The van der Waals surface area contributed by atoms with Crippen molar-refractivity contribution < 1.29 is 4.79 Å². The molecule has 72 valence electrons. The molecule has 0 fully saturated rings. The van der Waals surface area contributed by atoms with Gasteiger partial charge in [0.15, 0.2) is 0 Å². The Balaban J connectivity index is 2.32. The van der Waals surface area contributed by atoms with Crippen molar-refractivity contribution in [3.05, 3.63) is 36.0 Å². The van der Waals surface area contributed by atoms with Crippen LogP contribution in [0.4, 0.5) is 0 Å². The summed E-state index contributed by atoms with van der Waals surface area (Å²) in [7, 11) is 0. The molecule has 0 saturated heterocycles. The van der Waals surface area contributed by atoms with Crippen molar-refractivity contribution in [2.45, 2.75) is 13.5 Å². The molecular weight excluding hydrogens is 176 g/mol. The van der Waals surface area contributed by atoms with Gasteiger partial charge in [-0.2, -0.15) is 0 Å². The Morgan fingerprint density at radius 3 is 3.07 bits per heavy atom. The number of rotatable bonds is 2. The highest BCUT2D eigenvalue weighted by Gasteiger charge is 2.01. The highest BCUT2D eigenvalue weighted by molar-refractivity contribution is 5.83. The van der Waals surface area contributed by atoms with Crippen molar-refractivity contribution in [1.82, 2.24) is 10.3 Å². The zero-order chi connectivity index (χ0) is 9.97. The number of aromatic nitrogens is 1. The average molecular weight is 188 g/mol. The van der Waals surface area contributed by atoms with Gasteiger partial charge in [0, 0.05) is 30.6 Å². The van der Waals surface area contributed by atoms with E-state index in [0.29, 0.717) is 6.54 Å².